The lowest BCUT2D eigenvalue weighted by Crippen LogP contribution is -2.54. The number of terminal acetylenes is 1. The van der Waals surface area contributed by atoms with Gasteiger partial charge in [0.15, 0.2) is 0 Å². The lowest BCUT2D eigenvalue weighted by atomic mass is 9.48. The summed E-state index contributed by atoms with van der Waals surface area (Å²) in [4.78, 5) is 0. The van der Waals surface area contributed by atoms with E-state index >= 15 is 0 Å². The number of hydrogen-bond donors (Lipinski definition) is 1. The molecular weight excluding hydrogens is 296 g/mol. The van der Waals surface area contributed by atoms with Crippen molar-refractivity contribution in [2.75, 3.05) is 6.61 Å². The Balaban J connectivity index is 1.49. The van der Waals surface area contributed by atoms with E-state index in [4.69, 9.17) is 11.2 Å². The number of aliphatic hydroxyl groups is 1. The van der Waals surface area contributed by atoms with E-state index in [2.05, 4.69) is 25.8 Å². The minimum Gasteiger partial charge on any atom is -0.377 e. The summed E-state index contributed by atoms with van der Waals surface area (Å²) in [5.74, 6) is 6.40. The van der Waals surface area contributed by atoms with E-state index in [0.29, 0.717) is 11.8 Å². The van der Waals surface area contributed by atoms with Crippen LogP contribution in [0.15, 0.2) is 11.6 Å². The first-order chi connectivity index (χ1) is 11.4. The van der Waals surface area contributed by atoms with Crippen LogP contribution in [0, 0.1) is 47.3 Å². The highest BCUT2D eigenvalue weighted by molar-refractivity contribution is 5.29. The molecule has 0 amide bonds. The van der Waals surface area contributed by atoms with Crippen LogP contribution in [0.2, 0.25) is 0 Å². The predicted molar refractivity (Wildman–Crippen MR) is 94.1 cm³/mol. The highest BCUT2D eigenvalue weighted by atomic mass is 16.6. The van der Waals surface area contributed by atoms with Gasteiger partial charge in [0, 0.05) is 5.41 Å². The van der Waals surface area contributed by atoms with Gasteiger partial charge in [0.1, 0.15) is 11.2 Å². The quantitative estimate of drug-likeness (QED) is 0.415. The topological polar surface area (TPSA) is 32.8 Å². The summed E-state index contributed by atoms with van der Waals surface area (Å²) in [6.07, 6.45) is 16.3. The highest BCUT2D eigenvalue weighted by Crippen LogP contribution is 2.66. The number of hydrogen-bond acceptors (Lipinski definition) is 2. The molecule has 0 aromatic rings. The summed E-state index contributed by atoms with van der Waals surface area (Å²) in [7, 11) is 0. The van der Waals surface area contributed by atoms with Crippen molar-refractivity contribution in [3.63, 3.8) is 0 Å². The summed E-state index contributed by atoms with van der Waals surface area (Å²) < 4.78 is 5.75. The lowest BCUT2D eigenvalue weighted by Gasteiger charge is -2.57. The van der Waals surface area contributed by atoms with E-state index in [9.17, 15) is 5.11 Å². The molecule has 24 heavy (non-hydrogen) atoms. The zero-order valence-corrected chi connectivity index (χ0v) is 15.1. The Morgan fingerprint density at radius 1 is 1.25 bits per heavy atom. The molecule has 4 fully saturated rings. The fourth-order valence-corrected chi connectivity index (χ4v) is 7.40. The van der Waals surface area contributed by atoms with Crippen molar-refractivity contribution in [3.05, 3.63) is 11.6 Å². The third-order valence-corrected chi connectivity index (χ3v) is 8.83. The van der Waals surface area contributed by atoms with Crippen LogP contribution < -0.4 is 0 Å². The number of rotatable bonds is 0. The maximum absolute atomic E-state index is 11.1. The van der Waals surface area contributed by atoms with E-state index in [1.165, 1.54) is 25.7 Å². The highest BCUT2D eigenvalue weighted by Gasteiger charge is 2.63. The second kappa shape index (κ2) is 4.68. The first-order valence-electron chi connectivity index (χ1n) is 9.97. The number of fused-ring (bicyclic) bond motifs is 5. The molecule has 0 aromatic heterocycles. The molecule has 0 aromatic carbocycles. The molecule has 8 atom stereocenters. The van der Waals surface area contributed by atoms with Crippen LogP contribution >= 0.6 is 0 Å². The molecular formula is C22H30O2. The molecule has 2 heteroatoms. The molecule has 1 spiro atoms. The average Bonchev–Trinajstić information content (AvgIpc) is 3.25. The summed E-state index contributed by atoms with van der Waals surface area (Å²) >= 11 is 0. The van der Waals surface area contributed by atoms with E-state index in [1.54, 1.807) is 5.57 Å². The first kappa shape index (κ1) is 15.5. The van der Waals surface area contributed by atoms with Gasteiger partial charge in [-0.3, -0.25) is 0 Å². The zero-order chi connectivity index (χ0) is 16.7. The van der Waals surface area contributed by atoms with Crippen molar-refractivity contribution < 1.29 is 9.84 Å². The number of epoxide rings is 1. The van der Waals surface area contributed by atoms with Crippen molar-refractivity contribution in [2.24, 2.45) is 35.0 Å². The van der Waals surface area contributed by atoms with Gasteiger partial charge in [-0.05, 0) is 74.5 Å². The Hall–Kier alpha value is -0.780. The minimum atomic E-state index is -0.878. The average molecular weight is 326 g/mol. The first-order valence-corrected chi connectivity index (χ1v) is 9.97. The van der Waals surface area contributed by atoms with Gasteiger partial charge >= 0.3 is 0 Å². The Morgan fingerprint density at radius 2 is 2.04 bits per heavy atom. The summed E-state index contributed by atoms with van der Waals surface area (Å²) in [5.41, 5.74) is 0.880. The monoisotopic (exact) mass is 326 g/mol. The van der Waals surface area contributed by atoms with Crippen LogP contribution in [0.25, 0.3) is 0 Å². The molecule has 130 valence electrons. The molecule has 0 radical (unpaired) electrons. The predicted octanol–water partition coefficient (Wildman–Crippen LogP) is 3.94. The summed E-state index contributed by atoms with van der Waals surface area (Å²) in [6, 6.07) is 0. The fraction of sp³-hybridized carbons (Fsp3) is 0.818. The Labute approximate surface area is 146 Å². The maximum Gasteiger partial charge on any atom is 0.130 e. The second-order valence-electron chi connectivity index (χ2n) is 9.75. The fourth-order valence-electron chi connectivity index (χ4n) is 7.40. The van der Waals surface area contributed by atoms with E-state index in [-0.39, 0.29) is 11.0 Å². The van der Waals surface area contributed by atoms with Gasteiger partial charge in [-0.1, -0.05) is 31.4 Å². The molecule has 2 nitrogen and oxygen atoms in total. The minimum absolute atomic E-state index is 0.0755. The molecule has 5 unspecified atom stereocenters. The normalized spacial score (nSPS) is 58.2. The molecule has 5 rings (SSSR count). The van der Waals surface area contributed by atoms with Gasteiger partial charge in [0.25, 0.3) is 0 Å². The third-order valence-electron chi connectivity index (χ3n) is 8.83. The second-order valence-corrected chi connectivity index (χ2v) is 9.75. The molecule has 1 aliphatic heterocycles. The largest absolute Gasteiger partial charge is 0.377 e. The van der Waals surface area contributed by atoms with Crippen LogP contribution in [0.1, 0.15) is 58.8 Å². The van der Waals surface area contributed by atoms with Gasteiger partial charge in [-0.15, -0.1) is 6.42 Å². The van der Waals surface area contributed by atoms with E-state index in [1.807, 2.05) is 0 Å². The zero-order valence-electron chi connectivity index (χ0n) is 15.1. The van der Waals surface area contributed by atoms with Crippen LogP contribution in [0.5, 0.6) is 0 Å². The molecule has 3 saturated carbocycles. The van der Waals surface area contributed by atoms with Gasteiger partial charge in [0.2, 0.25) is 0 Å². The number of ether oxygens (including phenoxy) is 1. The summed E-state index contributed by atoms with van der Waals surface area (Å²) in [6.45, 7) is 5.68. The van der Waals surface area contributed by atoms with Crippen molar-refractivity contribution >= 4 is 0 Å². The Bertz CT molecular complexity index is 639. The SMILES string of the molecule is C#C[C@]1(O)CCC2C3C(CC[C@@]21C)C1CCC2(C=C1C[C@H]3C)CO2. The van der Waals surface area contributed by atoms with Gasteiger partial charge in [0.05, 0.1) is 6.61 Å². The van der Waals surface area contributed by atoms with Crippen molar-refractivity contribution in [1.29, 1.82) is 0 Å². The van der Waals surface area contributed by atoms with Gasteiger partial charge < -0.3 is 9.84 Å². The summed E-state index contributed by atoms with van der Waals surface area (Å²) in [5, 5.41) is 11.1. The van der Waals surface area contributed by atoms with Crippen LogP contribution in [-0.4, -0.2) is 22.9 Å². The molecule has 1 saturated heterocycles. The molecule has 5 aliphatic rings. The Morgan fingerprint density at radius 3 is 2.75 bits per heavy atom. The van der Waals surface area contributed by atoms with Crippen molar-refractivity contribution in [3.8, 4) is 12.3 Å². The van der Waals surface area contributed by atoms with Crippen molar-refractivity contribution in [1.82, 2.24) is 0 Å². The standard InChI is InChI=1S/C22H30O2/c1-4-22(23)10-7-18-19-14(2)11-15-12-21(13-24-21)9-6-16(15)17(19)5-8-20(18,22)3/h1,12,14,16-19,23H,5-11,13H2,2-3H3/t14-,16?,17?,18?,19?,20+,21?,22+/m1/s1. The smallest absolute Gasteiger partial charge is 0.130 e. The lowest BCUT2D eigenvalue weighted by molar-refractivity contribution is -0.0986. The van der Waals surface area contributed by atoms with E-state index < -0.39 is 5.60 Å². The molecule has 1 heterocycles. The third kappa shape index (κ3) is 1.81. The van der Waals surface area contributed by atoms with Crippen LogP contribution in [-0.2, 0) is 4.74 Å². The maximum atomic E-state index is 11.1. The van der Waals surface area contributed by atoms with Gasteiger partial charge in [-0.25, -0.2) is 0 Å². The Kier molecular flexibility index (Phi) is 3.02. The van der Waals surface area contributed by atoms with E-state index in [0.717, 1.165) is 43.6 Å². The van der Waals surface area contributed by atoms with Crippen LogP contribution in [0.3, 0.4) is 0 Å². The number of allylic oxidation sites excluding steroid dienone is 1. The molecule has 4 aliphatic carbocycles. The molecule has 0 bridgehead atoms. The van der Waals surface area contributed by atoms with Crippen LogP contribution in [0.4, 0.5) is 0 Å². The molecule has 1 N–H and O–H groups in total. The van der Waals surface area contributed by atoms with Crippen molar-refractivity contribution in [2.45, 2.75) is 70.0 Å². The van der Waals surface area contributed by atoms with Gasteiger partial charge in [-0.2, -0.15) is 0 Å².